The van der Waals surface area contributed by atoms with Crippen molar-refractivity contribution in [2.24, 2.45) is 0 Å². The Bertz CT molecular complexity index is 353. The van der Waals surface area contributed by atoms with Crippen molar-refractivity contribution in [3.05, 3.63) is 22.4 Å². The molecule has 0 aliphatic rings. The summed E-state index contributed by atoms with van der Waals surface area (Å²) in [6.07, 6.45) is 0.630. The molecule has 1 unspecified atom stereocenters. The van der Waals surface area contributed by atoms with E-state index in [0.717, 1.165) is 0 Å². The number of hydrogen-bond donors (Lipinski definition) is 1. The lowest BCUT2D eigenvalue weighted by molar-refractivity contribution is -0.154. The highest BCUT2D eigenvalue weighted by atomic mass is 32.1. The minimum atomic E-state index is -0.755. The Morgan fingerprint density at radius 1 is 1.50 bits per heavy atom. The van der Waals surface area contributed by atoms with Gasteiger partial charge in [0.15, 0.2) is 0 Å². The van der Waals surface area contributed by atoms with E-state index in [1.165, 1.54) is 4.88 Å². The smallest absolute Gasteiger partial charge is 0.328 e. The van der Waals surface area contributed by atoms with Crippen LogP contribution in [0.5, 0.6) is 0 Å². The van der Waals surface area contributed by atoms with Crippen molar-refractivity contribution in [2.45, 2.75) is 32.4 Å². The summed E-state index contributed by atoms with van der Waals surface area (Å²) in [6, 6.07) is 4.03. The molecule has 1 atom stereocenters. The third-order valence-electron chi connectivity index (χ3n) is 2.84. The zero-order valence-electron chi connectivity index (χ0n) is 11.2. The Morgan fingerprint density at radius 2 is 2.28 bits per heavy atom. The summed E-state index contributed by atoms with van der Waals surface area (Å²) < 4.78 is 10.3. The highest BCUT2D eigenvalue weighted by molar-refractivity contribution is 7.09. The number of nitrogens with one attached hydrogen (secondary N) is 1. The third kappa shape index (κ3) is 3.80. The maximum atomic E-state index is 12.1. The van der Waals surface area contributed by atoms with E-state index in [9.17, 15) is 4.79 Å². The molecular weight excluding hydrogens is 250 g/mol. The van der Waals surface area contributed by atoms with E-state index in [4.69, 9.17) is 9.47 Å². The molecule has 1 aromatic heterocycles. The van der Waals surface area contributed by atoms with Crippen molar-refractivity contribution >= 4 is 17.3 Å². The lowest BCUT2D eigenvalue weighted by Gasteiger charge is -2.30. The zero-order chi connectivity index (χ0) is 13.4. The predicted octanol–water partition coefficient (Wildman–Crippen LogP) is 2.20. The summed E-state index contributed by atoms with van der Waals surface area (Å²) in [7, 11) is 1.59. The summed E-state index contributed by atoms with van der Waals surface area (Å²) in [5.74, 6) is -0.245. The number of carbonyl (C=O) groups excluding carboxylic acids is 1. The number of methoxy groups -OCH3 is 1. The van der Waals surface area contributed by atoms with Gasteiger partial charge in [0, 0.05) is 18.5 Å². The van der Waals surface area contributed by atoms with Crippen LogP contribution < -0.4 is 5.32 Å². The number of hydrogen-bond acceptors (Lipinski definition) is 5. The van der Waals surface area contributed by atoms with Crippen LogP contribution in [0, 0.1) is 0 Å². The van der Waals surface area contributed by atoms with Crippen molar-refractivity contribution < 1.29 is 14.3 Å². The molecule has 0 aromatic carbocycles. The van der Waals surface area contributed by atoms with E-state index < -0.39 is 5.54 Å². The first-order valence-electron chi connectivity index (χ1n) is 6.12. The molecule has 102 valence electrons. The Labute approximate surface area is 112 Å². The average molecular weight is 271 g/mol. The molecule has 5 heteroatoms. The molecule has 0 saturated heterocycles. The van der Waals surface area contributed by atoms with Crippen LogP contribution in [0.3, 0.4) is 0 Å². The SMILES string of the molecule is CCOC(=O)C(CC)(COC)NCc1cccs1. The van der Waals surface area contributed by atoms with Crippen LogP contribution >= 0.6 is 11.3 Å². The topological polar surface area (TPSA) is 47.6 Å². The first-order valence-corrected chi connectivity index (χ1v) is 7.00. The predicted molar refractivity (Wildman–Crippen MR) is 72.7 cm³/mol. The molecule has 1 rings (SSSR count). The fourth-order valence-electron chi connectivity index (χ4n) is 1.74. The van der Waals surface area contributed by atoms with Crippen molar-refractivity contribution in [3.63, 3.8) is 0 Å². The van der Waals surface area contributed by atoms with Crippen LogP contribution in [0.2, 0.25) is 0 Å². The largest absolute Gasteiger partial charge is 0.465 e. The number of ether oxygens (including phenoxy) is 2. The fraction of sp³-hybridized carbons (Fsp3) is 0.615. The summed E-state index contributed by atoms with van der Waals surface area (Å²) in [5, 5.41) is 5.30. The lowest BCUT2D eigenvalue weighted by atomic mass is 9.97. The molecule has 0 bridgehead atoms. The Balaban J connectivity index is 2.72. The summed E-state index contributed by atoms with van der Waals surface area (Å²) in [4.78, 5) is 13.3. The Kier molecular flexibility index (Phi) is 6.32. The summed E-state index contributed by atoms with van der Waals surface area (Å²) in [5.41, 5.74) is -0.755. The molecule has 0 amide bonds. The van der Waals surface area contributed by atoms with Gasteiger partial charge in [-0.15, -0.1) is 11.3 Å². The standard InChI is InChI=1S/C13H21NO3S/c1-4-13(10-16-3,12(15)17-5-2)14-9-11-7-6-8-18-11/h6-8,14H,4-5,9-10H2,1-3H3. The van der Waals surface area contributed by atoms with E-state index in [-0.39, 0.29) is 5.97 Å². The molecule has 0 fully saturated rings. The minimum absolute atomic E-state index is 0.245. The molecule has 0 spiro atoms. The molecule has 1 aromatic rings. The van der Waals surface area contributed by atoms with Crippen molar-refractivity contribution in [2.75, 3.05) is 20.3 Å². The van der Waals surface area contributed by atoms with E-state index in [1.54, 1.807) is 18.4 Å². The van der Waals surface area contributed by atoms with Gasteiger partial charge in [-0.25, -0.2) is 4.79 Å². The maximum Gasteiger partial charge on any atom is 0.328 e. The lowest BCUT2D eigenvalue weighted by Crippen LogP contribution is -2.55. The molecule has 1 heterocycles. The molecule has 18 heavy (non-hydrogen) atoms. The molecule has 0 aliphatic carbocycles. The normalized spacial score (nSPS) is 14.2. The molecule has 0 saturated carbocycles. The minimum Gasteiger partial charge on any atom is -0.465 e. The van der Waals surface area contributed by atoms with Crippen LogP contribution in [-0.2, 0) is 20.8 Å². The first kappa shape index (κ1) is 15.1. The highest BCUT2D eigenvalue weighted by Gasteiger charge is 2.37. The molecule has 0 radical (unpaired) electrons. The second-order valence-electron chi connectivity index (χ2n) is 4.02. The van der Waals surface area contributed by atoms with Crippen molar-refractivity contribution in [3.8, 4) is 0 Å². The van der Waals surface area contributed by atoms with Gasteiger partial charge >= 0.3 is 5.97 Å². The number of carbonyl (C=O) groups is 1. The summed E-state index contributed by atoms with van der Waals surface area (Å²) in [6.45, 7) is 5.11. The second-order valence-corrected chi connectivity index (χ2v) is 5.05. The fourth-order valence-corrected chi connectivity index (χ4v) is 2.38. The second kappa shape index (κ2) is 7.51. The van der Waals surface area contributed by atoms with Gasteiger partial charge in [0.1, 0.15) is 5.54 Å². The molecular formula is C13H21NO3S. The zero-order valence-corrected chi connectivity index (χ0v) is 12.0. The van der Waals surface area contributed by atoms with Crippen LogP contribution in [0.25, 0.3) is 0 Å². The van der Waals surface area contributed by atoms with Gasteiger partial charge < -0.3 is 9.47 Å². The maximum absolute atomic E-state index is 12.1. The van der Waals surface area contributed by atoms with Gasteiger partial charge in [0.2, 0.25) is 0 Å². The number of rotatable bonds is 8. The van der Waals surface area contributed by atoms with Gasteiger partial charge in [-0.3, -0.25) is 5.32 Å². The summed E-state index contributed by atoms with van der Waals surface area (Å²) >= 11 is 1.66. The monoisotopic (exact) mass is 271 g/mol. The van der Waals surface area contributed by atoms with Crippen LogP contribution in [0.15, 0.2) is 17.5 Å². The Hall–Kier alpha value is -0.910. The van der Waals surface area contributed by atoms with Gasteiger partial charge in [0.05, 0.1) is 13.2 Å². The van der Waals surface area contributed by atoms with E-state index in [1.807, 2.05) is 31.4 Å². The van der Waals surface area contributed by atoms with Crippen LogP contribution in [0.4, 0.5) is 0 Å². The quantitative estimate of drug-likeness (QED) is 0.736. The molecule has 1 N–H and O–H groups in total. The third-order valence-corrected chi connectivity index (χ3v) is 3.72. The van der Waals surface area contributed by atoms with E-state index >= 15 is 0 Å². The van der Waals surface area contributed by atoms with Crippen LogP contribution in [0.1, 0.15) is 25.1 Å². The van der Waals surface area contributed by atoms with Gasteiger partial charge in [-0.05, 0) is 24.8 Å². The Morgan fingerprint density at radius 3 is 2.78 bits per heavy atom. The number of esters is 1. The van der Waals surface area contributed by atoms with Gasteiger partial charge in [0.25, 0.3) is 0 Å². The average Bonchev–Trinajstić information content (AvgIpc) is 2.88. The van der Waals surface area contributed by atoms with Gasteiger partial charge in [-0.2, -0.15) is 0 Å². The first-order chi connectivity index (χ1) is 8.68. The van der Waals surface area contributed by atoms with E-state index in [0.29, 0.717) is 26.2 Å². The molecule has 4 nitrogen and oxygen atoms in total. The number of thiophene rings is 1. The van der Waals surface area contributed by atoms with Gasteiger partial charge in [-0.1, -0.05) is 13.0 Å². The van der Waals surface area contributed by atoms with Crippen molar-refractivity contribution in [1.29, 1.82) is 0 Å². The highest BCUT2D eigenvalue weighted by Crippen LogP contribution is 2.16. The van der Waals surface area contributed by atoms with E-state index in [2.05, 4.69) is 5.32 Å². The molecule has 0 aliphatic heterocycles. The van der Waals surface area contributed by atoms with Crippen LogP contribution in [-0.4, -0.2) is 31.8 Å². The van der Waals surface area contributed by atoms with Crippen molar-refractivity contribution in [1.82, 2.24) is 5.32 Å².